The summed E-state index contributed by atoms with van der Waals surface area (Å²) in [6, 6.07) is 12.0. The Morgan fingerprint density at radius 2 is 1.74 bits per heavy atom. The molecule has 0 spiro atoms. The topological polar surface area (TPSA) is 62.1 Å². The first-order valence-corrected chi connectivity index (χ1v) is 8.65. The minimum absolute atomic E-state index is 0.442. The van der Waals surface area contributed by atoms with Crippen LogP contribution in [0, 0.1) is 20.8 Å². The average molecular weight is 360 g/mol. The van der Waals surface area contributed by atoms with Gasteiger partial charge in [0.25, 0.3) is 0 Å². The Hall–Kier alpha value is -3.41. The second-order valence-electron chi connectivity index (χ2n) is 6.50. The molecule has 0 atom stereocenters. The van der Waals surface area contributed by atoms with Crippen LogP contribution in [-0.2, 0) is 0 Å². The molecule has 2 aromatic heterocycles. The van der Waals surface area contributed by atoms with Gasteiger partial charge < -0.3 is 9.47 Å². The lowest BCUT2D eigenvalue weighted by atomic mass is 10.1. The number of aromatic nitrogens is 4. The molecule has 136 valence electrons. The van der Waals surface area contributed by atoms with Crippen LogP contribution in [0.2, 0.25) is 0 Å². The van der Waals surface area contributed by atoms with Crippen molar-refractivity contribution in [3.05, 3.63) is 65.6 Å². The smallest absolute Gasteiger partial charge is 0.233 e. The highest BCUT2D eigenvalue weighted by Crippen LogP contribution is 2.34. The average Bonchev–Trinajstić information content (AvgIpc) is 3.10. The third-order valence-corrected chi connectivity index (χ3v) is 4.59. The van der Waals surface area contributed by atoms with Gasteiger partial charge in [-0.25, -0.2) is 14.6 Å². The molecule has 27 heavy (non-hydrogen) atoms. The number of hydrogen-bond acceptors (Lipinski definition) is 5. The molecule has 4 rings (SSSR count). The van der Waals surface area contributed by atoms with Gasteiger partial charge in [-0.1, -0.05) is 12.1 Å². The standard InChI is InChI=1S/C21H20N4O2/c1-13-5-8-18(19(9-13)26-4)27-21-17-11-24-25(20(17)22-12-23-21)16-7-6-14(2)15(3)10-16/h5-12H,1-4H3. The molecular formula is C21H20N4O2. The first-order valence-electron chi connectivity index (χ1n) is 8.65. The molecule has 0 N–H and O–H groups in total. The van der Waals surface area contributed by atoms with Gasteiger partial charge in [-0.05, 0) is 61.7 Å². The van der Waals surface area contributed by atoms with Crippen LogP contribution in [0.5, 0.6) is 17.4 Å². The Morgan fingerprint density at radius 1 is 0.889 bits per heavy atom. The van der Waals surface area contributed by atoms with Crippen molar-refractivity contribution in [1.82, 2.24) is 19.7 Å². The molecule has 0 aliphatic carbocycles. The van der Waals surface area contributed by atoms with Crippen LogP contribution in [0.1, 0.15) is 16.7 Å². The number of aryl methyl sites for hydroxylation is 3. The van der Waals surface area contributed by atoms with E-state index in [1.54, 1.807) is 18.0 Å². The van der Waals surface area contributed by atoms with E-state index in [4.69, 9.17) is 9.47 Å². The van der Waals surface area contributed by atoms with E-state index in [-0.39, 0.29) is 0 Å². The third-order valence-electron chi connectivity index (χ3n) is 4.59. The fraction of sp³-hybridized carbons (Fsp3) is 0.190. The monoisotopic (exact) mass is 360 g/mol. The van der Waals surface area contributed by atoms with Crippen LogP contribution >= 0.6 is 0 Å². The normalized spacial score (nSPS) is 11.0. The first kappa shape index (κ1) is 17.0. The van der Waals surface area contributed by atoms with Gasteiger partial charge in [0.1, 0.15) is 11.7 Å². The Bertz CT molecular complexity index is 1130. The number of ether oxygens (including phenoxy) is 2. The van der Waals surface area contributed by atoms with Crippen LogP contribution in [-0.4, -0.2) is 26.9 Å². The van der Waals surface area contributed by atoms with Crippen LogP contribution in [0.3, 0.4) is 0 Å². The van der Waals surface area contributed by atoms with Crippen molar-refractivity contribution in [1.29, 1.82) is 0 Å². The minimum atomic E-state index is 0.442. The summed E-state index contributed by atoms with van der Waals surface area (Å²) < 4.78 is 13.2. The van der Waals surface area contributed by atoms with Crippen LogP contribution in [0.4, 0.5) is 0 Å². The van der Waals surface area contributed by atoms with Crippen molar-refractivity contribution in [2.75, 3.05) is 7.11 Å². The zero-order chi connectivity index (χ0) is 19.0. The van der Waals surface area contributed by atoms with Crippen LogP contribution < -0.4 is 9.47 Å². The van der Waals surface area contributed by atoms with Crippen molar-refractivity contribution >= 4 is 11.0 Å². The largest absolute Gasteiger partial charge is 0.493 e. The van der Waals surface area contributed by atoms with Gasteiger partial charge in [-0.3, -0.25) is 0 Å². The summed E-state index contributed by atoms with van der Waals surface area (Å²) in [5.41, 5.74) is 5.17. The summed E-state index contributed by atoms with van der Waals surface area (Å²) in [5.74, 6) is 1.70. The lowest BCUT2D eigenvalue weighted by molar-refractivity contribution is 0.375. The Balaban J connectivity index is 1.78. The molecule has 0 saturated carbocycles. The van der Waals surface area contributed by atoms with E-state index in [2.05, 4.69) is 41.0 Å². The van der Waals surface area contributed by atoms with Gasteiger partial charge >= 0.3 is 0 Å². The summed E-state index contributed by atoms with van der Waals surface area (Å²) in [4.78, 5) is 8.70. The molecule has 0 aliphatic heterocycles. The van der Waals surface area contributed by atoms with E-state index < -0.39 is 0 Å². The second-order valence-corrected chi connectivity index (χ2v) is 6.50. The number of rotatable bonds is 4. The van der Waals surface area contributed by atoms with E-state index in [1.807, 2.05) is 31.2 Å². The van der Waals surface area contributed by atoms with E-state index in [0.717, 1.165) is 16.6 Å². The van der Waals surface area contributed by atoms with E-state index in [9.17, 15) is 0 Å². The lowest BCUT2D eigenvalue weighted by Gasteiger charge is -2.11. The molecule has 0 radical (unpaired) electrons. The highest BCUT2D eigenvalue weighted by Gasteiger charge is 2.15. The molecular weight excluding hydrogens is 340 g/mol. The maximum atomic E-state index is 6.03. The number of nitrogens with zero attached hydrogens (tertiary/aromatic N) is 4. The highest BCUT2D eigenvalue weighted by atomic mass is 16.5. The maximum absolute atomic E-state index is 6.03. The van der Waals surface area contributed by atoms with Gasteiger partial charge in [0.15, 0.2) is 17.1 Å². The van der Waals surface area contributed by atoms with E-state index >= 15 is 0 Å². The lowest BCUT2D eigenvalue weighted by Crippen LogP contribution is -1.99. The fourth-order valence-corrected chi connectivity index (χ4v) is 2.91. The zero-order valence-electron chi connectivity index (χ0n) is 15.7. The van der Waals surface area contributed by atoms with E-state index in [0.29, 0.717) is 23.0 Å². The van der Waals surface area contributed by atoms with Gasteiger partial charge in [0.2, 0.25) is 5.88 Å². The zero-order valence-corrected chi connectivity index (χ0v) is 15.7. The Morgan fingerprint density at radius 3 is 2.52 bits per heavy atom. The summed E-state index contributed by atoms with van der Waals surface area (Å²) in [7, 11) is 1.62. The first-order chi connectivity index (χ1) is 13.1. The van der Waals surface area contributed by atoms with Crippen molar-refractivity contribution < 1.29 is 9.47 Å². The molecule has 0 fully saturated rings. The molecule has 6 heteroatoms. The minimum Gasteiger partial charge on any atom is -0.493 e. The predicted octanol–water partition coefficient (Wildman–Crippen LogP) is 4.54. The number of methoxy groups -OCH3 is 1. The summed E-state index contributed by atoms with van der Waals surface area (Å²) in [6.07, 6.45) is 3.21. The quantitative estimate of drug-likeness (QED) is 0.535. The summed E-state index contributed by atoms with van der Waals surface area (Å²) in [6.45, 7) is 6.17. The van der Waals surface area contributed by atoms with Crippen LogP contribution in [0.15, 0.2) is 48.9 Å². The van der Waals surface area contributed by atoms with Gasteiger partial charge in [-0.2, -0.15) is 5.10 Å². The van der Waals surface area contributed by atoms with Gasteiger partial charge in [0, 0.05) is 0 Å². The Kier molecular flexibility index (Phi) is 4.24. The van der Waals surface area contributed by atoms with Crippen LogP contribution in [0.25, 0.3) is 16.7 Å². The second kappa shape index (κ2) is 6.72. The van der Waals surface area contributed by atoms with E-state index in [1.165, 1.54) is 17.5 Å². The molecule has 0 saturated heterocycles. The summed E-state index contributed by atoms with van der Waals surface area (Å²) >= 11 is 0. The van der Waals surface area contributed by atoms with Gasteiger partial charge in [-0.15, -0.1) is 0 Å². The molecule has 0 amide bonds. The molecule has 0 aliphatic rings. The third kappa shape index (κ3) is 3.10. The molecule has 6 nitrogen and oxygen atoms in total. The number of hydrogen-bond donors (Lipinski definition) is 0. The van der Waals surface area contributed by atoms with Crippen molar-refractivity contribution in [3.63, 3.8) is 0 Å². The van der Waals surface area contributed by atoms with Crippen molar-refractivity contribution in [2.45, 2.75) is 20.8 Å². The molecule has 2 heterocycles. The maximum Gasteiger partial charge on any atom is 0.233 e. The Labute approximate surface area is 157 Å². The number of benzene rings is 2. The van der Waals surface area contributed by atoms with Gasteiger partial charge in [0.05, 0.1) is 19.0 Å². The highest BCUT2D eigenvalue weighted by molar-refractivity contribution is 5.81. The predicted molar refractivity (Wildman–Crippen MR) is 104 cm³/mol. The summed E-state index contributed by atoms with van der Waals surface area (Å²) in [5, 5.41) is 5.23. The molecule has 0 unspecified atom stereocenters. The van der Waals surface area contributed by atoms with Crippen molar-refractivity contribution in [3.8, 4) is 23.1 Å². The van der Waals surface area contributed by atoms with Crippen molar-refractivity contribution in [2.24, 2.45) is 0 Å². The SMILES string of the molecule is COc1cc(C)ccc1Oc1ncnc2c1cnn2-c1ccc(C)c(C)c1. The molecule has 2 aromatic carbocycles. The number of fused-ring (bicyclic) bond motifs is 1. The molecule has 0 bridgehead atoms. The fourth-order valence-electron chi connectivity index (χ4n) is 2.91. The molecule has 4 aromatic rings.